The fourth-order valence-electron chi connectivity index (χ4n) is 1.47. The number of nitrogens with two attached hydrogens (primary N) is 1. The van der Waals surface area contributed by atoms with Crippen molar-refractivity contribution in [2.75, 3.05) is 6.54 Å². The van der Waals surface area contributed by atoms with Crippen LogP contribution in [0.5, 0.6) is 0 Å². The third kappa shape index (κ3) is 3.13. The van der Waals surface area contributed by atoms with E-state index in [1.165, 1.54) is 12.1 Å². The topological polar surface area (TPSA) is 64.9 Å². The zero-order valence-corrected chi connectivity index (χ0v) is 11.1. The summed E-state index contributed by atoms with van der Waals surface area (Å²) in [6.07, 6.45) is -4.06. The molecule has 0 aliphatic rings. The van der Waals surface area contributed by atoms with Crippen molar-refractivity contribution in [3.63, 3.8) is 0 Å². The maximum absolute atomic E-state index is 12.8. The molecule has 19 heavy (non-hydrogen) atoms. The molecular weight excluding hydrogens is 327 g/mol. The summed E-state index contributed by atoms with van der Waals surface area (Å²) >= 11 is 2.87. The van der Waals surface area contributed by atoms with E-state index in [9.17, 15) is 13.2 Å². The van der Waals surface area contributed by atoms with Gasteiger partial charge in [-0.2, -0.15) is 13.2 Å². The molecule has 1 aromatic heterocycles. The highest BCUT2D eigenvalue weighted by Gasteiger charge is 2.33. The quantitative estimate of drug-likeness (QED) is 0.936. The highest BCUT2D eigenvalue weighted by atomic mass is 79.9. The minimum atomic E-state index is -4.45. The average molecular weight is 336 g/mol. The molecule has 0 aliphatic heterocycles. The molecule has 0 fully saturated rings. The second kappa shape index (κ2) is 5.30. The van der Waals surface area contributed by atoms with Crippen molar-refractivity contribution in [2.45, 2.75) is 12.6 Å². The van der Waals surface area contributed by atoms with Gasteiger partial charge in [-0.25, -0.2) is 0 Å². The fraction of sp³-hybridized carbons (Fsp3) is 0.273. The third-order valence-electron chi connectivity index (χ3n) is 2.34. The van der Waals surface area contributed by atoms with E-state index in [1.807, 2.05) is 0 Å². The normalized spacial score (nSPS) is 11.8. The number of rotatable bonds is 3. The van der Waals surface area contributed by atoms with E-state index in [0.29, 0.717) is 18.9 Å². The molecule has 0 bridgehead atoms. The summed E-state index contributed by atoms with van der Waals surface area (Å²) in [4.78, 5) is 0. The Bertz CT molecular complexity index is 583. The van der Waals surface area contributed by atoms with Gasteiger partial charge < -0.3 is 10.2 Å². The van der Waals surface area contributed by atoms with Crippen LogP contribution in [0.25, 0.3) is 11.5 Å². The Morgan fingerprint density at radius 1 is 1.26 bits per heavy atom. The van der Waals surface area contributed by atoms with E-state index in [-0.39, 0.29) is 15.9 Å². The zero-order chi connectivity index (χ0) is 14.0. The number of benzene rings is 1. The van der Waals surface area contributed by atoms with Crippen LogP contribution in [-0.4, -0.2) is 16.7 Å². The first-order chi connectivity index (χ1) is 8.91. The maximum atomic E-state index is 12.8. The molecule has 8 heteroatoms. The van der Waals surface area contributed by atoms with Crippen LogP contribution in [0.1, 0.15) is 11.5 Å². The van der Waals surface area contributed by atoms with E-state index in [2.05, 4.69) is 26.1 Å². The van der Waals surface area contributed by atoms with E-state index < -0.39 is 11.7 Å². The van der Waals surface area contributed by atoms with Crippen molar-refractivity contribution in [1.82, 2.24) is 10.2 Å². The highest BCUT2D eigenvalue weighted by molar-refractivity contribution is 9.10. The summed E-state index contributed by atoms with van der Waals surface area (Å²) in [5.41, 5.74) is 4.75. The molecule has 2 aromatic rings. The third-order valence-corrected chi connectivity index (χ3v) is 3.04. The lowest BCUT2D eigenvalue weighted by atomic mass is 10.1. The summed E-state index contributed by atoms with van der Waals surface area (Å²) < 4.78 is 43.5. The average Bonchev–Trinajstić information content (AvgIpc) is 2.77. The smallest absolute Gasteiger partial charge is 0.417 e. The molecule has 4 nitrogen and oxygen atoms in total. The molecule has 0 unspecified atom stereocenters. The summed E-state index contributed by atoms with van der Waals surface area (Å²) in [6.45, 7) is 0.329. The van der Waals surface area contributed by atoms with Crippen LogP contribution in [0.4, 0.5) is 13.2 Å². The van der Waals surface area contributed by atoms with Gasteiger partial charge >= 0.3 is 6.18 Å². The van der Waals surface area contributed by atoms with Crippen molar-refractivity contribution in [3.8, 4) is 11.5 Å². The highest BCUT2D eigenvalue weighted by Crippen LogP contribution is 2.37. The van der Waals surface area contributed by atoms with Crippen LogP contribution in [0.3, 0.4) is 0 Å². The summed E-state index contributed by atoms with van der Waals surface area (Å²) in [5.74, 6) is 0.343. The van der Waals surface area contributed by atoms with E-state index in [1.54, 1.807) is 0 Å². The van der Waals surface area contributed by atoms with Gasteiger partial charge in [0.15, 0.2) is 0 Å². The minimum Gasteiger partial charge on any atom is -0.421 e. The lowest BCUT2D eigenvalue weighted by molar-refractivity contribution is -0.138. The van der Waals surface area contributed by atoms with Crippen LogP contribution >= 0.6 is 15.9 Å². The van der Waals surface area contributed by atoms with Gasteiger partial charge in [-0.1, -0.05) is 15.9 Å². The largest absolute Gasteiger partial charge is 0.421 e. The van der Waals surface area contributed by atoms with E-state index in [4.69, 9.17) is 10.2 Å². The second-order valence-corrected chi connectivity index (χ2v) is 4.59. The number of alkyl halides is 3. The van der Waals surface area contributed by atoms with E-state index >= 15 is 0 Å². The maximum Gasteiger partial charge on any atom is 0.417 e. The molecule has 0 saturated carbocycles. The molecule has 1 aromatic carbocycles. The van der Waals surface area contributed by atoms with Gasteiger partial charge in [0.1, 0.15) is 0 Å². The molecule has 1 heterocycles. The first kappa shape index (κ1) is 14.0. The summed E-state index contributed by atoms with van der Waals surface area (Å²) in [7, 11) is 0. The Morgan fingerprint density at radius 2 is 2.00 bits per heavy atom. The fourth-order valence-corrected chi connectivity index (χ4v) is 1.94. The molecule has 0 amide bonds. The Hall–Kier alpha value is -1.41. The SMILES string of the molecule is NCCc1nnc(-c2ccc(Br)c(C(F)(F)F)c2)o1. The van der Waals surface area contributed by atoms with Gasteiger partial charge in [-0.15, -0.1) is 10.2 Å². The monoisotopic (exact) mass is 335 g/mol. The number of aromatic nitrogens is 2. The molecule has 0 radical (unpaired) electrons. The summed E-state index contributed by atoms with van der Waals surface area (Å²) in [6, 6.07) is 3.73. The first-order valence-corrected chi connectivity index (χ1v) is 6.10. The van der Waals surface area contributed by atoms with Crippen LogP contribution in [-0.2, 0) is 12.6 Å². The van der Waals surface area contributed by atoms with Crippen molar-refractivity contribution >= 4 is 15.9 Å². The Kier molecular flexibility index (Phi) is 3.91. The Morgan fingerprint density at radius 3 is 2.63 bits per heavy atom. The molecule has 0 saturated heterocycles. The summed E-state index contributed by atoms with van der Waals surface area (Å²) in [5, 5.41) is 7.41. The Labute approximate surface area is 114 Å². The van der Waals surface area contributed by atoms with Gasteiger partial charge in [0.25, 0.3) is 0 Å². The first-order valence-electron chi connectivity index (χ1n) is 5.31. The molecular formula is C11H9BrF3N3O. The van der Waals surface area contributed by atoms with Crippen molar-refractivity contribution in [2.24, 2.45) is 5.73 Å². The van der Waals surface area contributed by atoms with Crippen molar-refractivity contribution < 1.29 is 17.6 Å². The molecule has 102 valence electrons. The molecule has 0 spiro atoms. The van der Waals surface area contributed by atoms with Crippen molar-refractivity contribution in [3.05, 3.63) is 34.1 Å². The number of nitrogens with zero attached hydrogens (tertiary/aromatic N) is 2. The number of hydrogen-bond donors (Lipinski definition) is 1. The lowest BCUT2D eigenvalue weighted by Crippen LogP contribution is -2.06. The standard InChI is InChI=1S/C11H9BrF3N3O/c12-8-2-1-6(5-7(8)11(13,14)15)10-18-17-9(19-10)3-4-16/h1-2,5H,3-4,16H2. The molecule has 0 atom stereocenters. The number of hydrogen-bond acceptors (Lipinski definition) is 4. The molecule has 2 rings (SSSR count). The second-order valence-electron chi connectivity index (χ2n) is 3.73. The van der Waals surface area contributed by atoms with Crippen LogP contribution in [0, 0.1) is 0 Å². The Balaban J connectivity index is 2.39. The predicted molar refractivity (Wildman–Crippen MR) is 65.2 cm³/mol. The van der Waals surface area contributed by atoms with Gasteiger partial charge in [0.05, 0.1) is 5.56 Å². The van der Waals surface area contributed by atoms with E-state index in [0.717, 1.165) is 6.07 Å². The number of halogens is 4. The molecule has 0 aliphatic carbocycles. The van der Waals surface area contributed by atoms with Crippen LogP contribution in [0.15, 0.2) is 27.1 Å². The van der Waals surface area contributed by atoms with Crippen LogP contribution < -0.4 is 5.73 Å². The predicted octanol–water partition coefficient (Wildman–Crippen LogP) is 3.02. The van der Waals surface area contributed by atoms with Gasteiger partial charge in [0, 0.05) is 23.0 Å². The molecule has 2 N–H and O–H groups in total. The van der Waals surface area contributed by atoms with Gasteiger partial charge in [-0.05, 0) is 18.2 Å². The van der Waals surface area contributed by atoms with Crippen LogP contribution in [0.2, 0.25) is 0 Å². The zero-order valence-electron chi connectivity index (χ0n) is 9.54. The minimum absolute atomic E-state index is 0.0366. The van der Waals surface area contributed by atoms with Gasteiger partial charge in [0.2, 0.25) is 11.8 Å². The van der Waals surface area contributed by atoms with Crippen molar-refractivity contribution in [1.29, 1.82) is 0 Å². The lowest BCUT2D eigenvalue weighted by Gasteiger charge is -2.09. The van der Waals surface area contributed by atoms with Gasteiger partial charge in [-0.3, -0.25) is 0 Å².